The standard InChI is InChI=1S/C18H25N5O2S2/c1-3-6-15(24)19-13-7-4-9-22(11-13)17(25)12(2)23-16(20-21-18(23)26)14-8-5-10-27-14/h5,8,10,12-13H,3-4,6-7,9,11H2,1-2H3,(H,19,24)(H,21,26). The van der Waals surface area contributed by atoms with Gasteiger partial charge in [-0.1, -0.05) is 13.0 Å². The van der Waals surface area contributed by atoms with Gasteiger partial charge in [-0.15, -0.1) is 11.3 Å². The summed E-state index contributed by atoms with van der Waals surface area (Å²) in [4.78, 5) is 27.8. The molecule has 2 unspecified atom stereocenters. The Bertz CT molecular complexity index is 842. The van der Waals surface area contributed by atoms with E-state index >= 15 is 0 Å². The van der Waals surface area contributed by atoms with Crippen molar-refractivity contribution in [3.8, 4) is 10.7 Å². The summed E-state index contributed by atoms with van der Waals surface area (Å²) >= 11 is 6.93. The minimum absolute atomic E-state index is 0.000235. The molecule has 0 spiro atoms. The van der Waals surface area contributed by atoms with Gasteiger partial charge in [-0.3, -0.25) is 19.3 Å². The molecule has 0 radical (unpaired) electrons. The van der Waals surface area contributed by atoms with Gasteiger partial charge in [-0.2, -0.15) is 5.10 Å². The first-order valence-electron chi connectivity index (χ1n) is 9.30. The van der Waals surface area contributed by atoms with Crippen LogP contribution in [0.4, 0.5) is 0 Å². The Morgan fingerprint density at radius 1 is 1.52 bits per heavy atom. The van der Waals surface area contributed by atoms with Crippen molar-refractivity contribution in [2.24, 2.45) is 0 Å². The van der Waals surface area contributed by atoms with Crippen LogP contribution in [0.25, 0.3) is 10.7 Å². The van der Waals surface area contributed by atoms with Crippen molar-refractivity contribution in [3.63, 3.8) is 0 Å². The molecular weight excluding hydrogens is 382 g/mol. The van der Waals surface area contributed by atoms with Crippen LogP contribution in [-0.2, 0) is 9.59 Å². The molecule has 2 aromatic rings. The van der Waals surface area contributed by atoms with E-state index in [0.717, 1.165) is 24.1 Å². The number of thiophene rings is 1. The summed E-state index contributed by atoms with van der Waals surface area (Å²) in [5.74, 6) is 0.738. The lowest BCUT2D eigenvalue weighted by molar-refractivity contribution is -0.136. The second-order valence-corrected chi connectivity index (χ2v) is 8.15. The summed E-state index contributed by atoms with van der Waals surface area (Å²) in [6.07, 6.45) is 3.13. The molecule has 146 valence electrons. The molecule has 2 N–H and O–H groups in total. The number of H-pyrrole nitrogens is 1. The maximum atomic E-state index is 13.1. The lowest BCUT2D eigenvalue weighted by Gasteiger charge is -2.35. The molecule has 3 rings (SSSR count). The fourth-order valence-corrected chi connectivity index (χ4v) is 4.44. The van der Waals surface area contributed by atoms with Crippen molar-refractivity contribution in [3.05, 3.63) is 22.3 Å². The maximum absolute atomic E-state index is 13.1. The highest BCUT2D eigenvalue weighted by molar-refractivity contribution is 7.71. The molecular formula is C18H25N5O2S2. The zero-order valence-electron chi connectivity index (χ0n) is 15.6. The number of piperidine rings is 1. The van der Waals surface area contributed by atoms with Crippen LogP contribution in [0.5, 0.6) is 0 Å². The van der Waals surface area contributed by atoms with Crippen LogP contribution in [-0.4, -0.2) is 50.6 Å². The Morgan fingerprint density at radius 2 is 2.33 bits per heavy atom. The molecule has 2 aromatic heterocycles. The van der Waals surface area contributed by atoms with Gasteiger partial charge < -0.3 is 10.2 Å². The molecule has 9 heteroatoms. The number of hydrogen-bond acceptors (Lipinski definition) is 5. The Balaban J connectivity index is 1.73. The highest BCUT2D eigenvalue weighted by Crippen LogP contribution is 2.26. The van der Waals surface area contributed by atoms with E-state index in [1.54, 1.807) is 15.9 Å². The van der Waals surface area contributed by atoms with Gasteiger partial charge in [0.05, 0.1) is 4.88 Å². The zero-order chi connectivity index (χ0) is 19.4. The number of rotatable bonds is 6. The largest absolute Gasteiger partial charge is 0.352 e. The third-order valence-electron chi connectivity index (χ3n) is 4.77. The van der Waals surface area contributed by atoms with Crippen molar-refractivity contribution < 1.29 is 9.59 Å². The van der Waals surface area contributed by atoms with E-state index in [4.69, 9.17) is 12.2 Å². The first-order valence-corrected chi connectivity index (χ1v) is 10.6. The molecule has 7 nitrogen and oxygen atoms in total. The fraction of sp³-hybridized carbons (Fsp3) is 0.556. The normalized spacial score (nSPS) is 18.3. The van der Waals surface area contributed by atoms with Gasteiger partial charge in [0.15, 0.2) is 10.6 Å². The molecule has 1 fully saturated rings. The lowest BCUT2D eigenvalue weighted by Crippen LogP contribution is -2.51. The SMILES string of the molecule is CCCC(=O)NC1CCCN(C(=O)C(C)n2c(-c3cccs3)n[nH]c2=S)C1. The van der Waals surface area contributed by atoms with Crippen LogP contribution in [0.3, 0.4) is 0 Å². The van der Waals surface area contributed by atoms with Gasteiger partial charge in [0, 0.05) is 25.6 Å². The molecule has 1 aliphatic rings. The highest BCUT2D eigenvalue weighted by atomic mass is 32.1. The molecule has 3 heterocycles. The lowest BCUT2D eigenvalue weighted by atomic mass is 10.0. The predicted octanol–water partition coefficient (Wildman–Crippen LogP) is 3.14. The minimum Gasteiger partial charge on any atom is -0.352 e. The van der Waals surface area contributed by atoms with Crippen molar-refractivity contribution >= 4 is 35.4 Å². The molecule has 1 saturated heterocycles. The van der Waals surface area contributed by atoms with E-state index in [0.29, 0.717) is 30.1 Å². The van der Waals surface area contributed by atoms with Gasteiger partial charge in [0.2, 0.25) is 11.8 Å². The summed E-state index contributed by atoms with van der Waals surface area (Å²) in [5, 5.41) is 12.1. The van der Waals surface area contributed by atoms with Crippen molar-refractivity contribution in [2.45, 2.75) is 51.6 Å². The van der Waals surface area contributed by atoms with Crippen LogP contribution >= 0.6 is 23.6 Å². The number of hydrogen-bond donors (Lipinski definition) is 2. The molecule has 2 amide bonds. The first-order chi connectivity index (χ1) is 13.0. The van der Waals surface area contributed by atoms with E-state index in [2.05, 4.69) is 15.5 Å². The molecule has 0 bridgehead atoms. The monoisotopic (exact) mass is 407 g/mol. The molecule has 0 aromatic carbocycles. The van der Waals surface area contributed by atoms with Gasteiger partial charge >= 0.3 is 0 Å². The molecule has 2 atom stereocenters. The Hall–Kier alpha value is -2.00. The average molecular weight is 408 g/mol. The van der Waals surface area contributed by atoms with E-state index in [9.17, 15) is 9.59 Å². The maximum Gasteiger partial charge on any atom is 0.245 e. The number of amides is 2. The smallest absolute Gasteiger partial charge is 0.245 e. The Kier molecular flexibility index (Phi) is 6.43. The third-order valence-corrected chi connectivity index (χ3v) is 5.92. The summed E-state index contributed by atoms with van der Waals surface area (Å²) in [6.45, 7) is 5.07. The second kappa shape index (κ2) is 8.79. The quantitative estimate of drug-likeness (QED) is 0.721. The highest BCUT2D eigenvalue weighted by Gasteiger charge is 2.30. The van der Waals surface area contributed by atoms with Crippen LogP contribution in [0, 0.1) is 4.77 Å². The number of likely N-dealkylation sites (tertiary alicyclic amines) is 1. The summed E-state index contributed by atoms with van der Waals surface area (Å²) in [5.41, 5.74) is 0. The van der Waals surface area contributed by atoms with Crippen LogP contribution in [0.2, 0.25) is 0 Å². The van der Waals surface area contributed by atoms with Crippen LogP contribution in [0.1, 0.15) is 45.6 Å². The number of aromatic nitrogens is 3. The zero-order valence-corrected chi connectivity index (χ0v) is 17.2. The number of carbonyl (C=O) groups excluding carboxylic acids is 2. The molecule has 0 saturated carbocycles. The number of nitrogens with zero attached hydrogens (tertiary/aromatic N) is 3. The van der Waals surface area contributed by atoms with Crippen molar-refractivity contribution in [2.75, 3.05) is 13.1 Å². The van der Waals surface area contributed by atoms with Gasteiger partial charge in [-0.25, -0.2) is 0 Å². The summed E-state index contributed by atoms with van der Waals surface area (Å²) in [6, 6.07) is 3.47. The van der Waals surface area contributed by atoms with Gasteiger partial charge in [-0.05, 0) is 49.9 Å². The van der Waals surface area contributed by atoms with E-state index in [1.807, 2.05) is 36.3 Å². The topological polar surface area (TPSA) is 83.0 Å². The second-order valence-electron chi connectivity index (χ2n) is 6.82. The molecule has 0 aliphatic carbocycles. The minimum atomic E-state index is -0.460. The van der Waals surface area contributed by atoms with E-state index in [1.165, 1.54) is 0 Å². The molecule has 27 heavy (non-hydrogen) atoms. The Morgan fingerprint density at radius 3 is 3.04 bits per heavy atom. The summed E-state index contributed by atoms with van der Waals surface area (Å²) in [7, 11) is 0. The van der Waals surface area contributed by atoms with Gasteiger partial charge in [0.1, 0.15) is 6.04 Å². The van der Waals surface area contributed by atoms with E-state index < -0.39 is 6.04 Å². The predicted molar refractivity (Wildman–Crippen MR) is 108 cm³/mol. The average Bonchev–Trinajstić information content (AvgIpc) is 3.30. The Labute approximate surface area is 167 Å². The van der Waals surface area contributed by atoms with Crippen LogP contribution < -0.4 is 5.32 Å². The van der Waals surface area contributed by atoms with Crippen LogP contribution in [0.15, 0.2) is 17.5 Å². The first kappa shape index (κ1) is 19.8. The fourth-order valence-electron chi connectivity index (χ4n) is 3.44. The third kappa shape index (κ3) is 4.47. The van der Waals surface area contributed by atoms with Crippen molar-refractivity contribution in [1.82, 2.24) is 25.0 Å². The van der Waals surface area contributed by atoms with Crippen molar-refractivity contribution in [1.29, 1.82) is 0 Å². The molecule has 1 aliphatic heterocycles. The van der Waals surface area contributed by atoms with Gasteiger partial charge in [0.25, 0.3) is 0 Å². The summed E-state index contributed by atoms with van der Waals surface area (Å²) < 4.78 is 2.21. The van der Waals surface area contributed by atoms with E-state index in [-0.39, 0.29) is 17.9 Å². The number of aromatic amines is 1. The number of nitrogens with one attached hydrogen (secondary N) is 2. The number of carbonyl (C=O) groups is 2.